The van der Waals surface area contributed by atoms with Crippen LogP contribution in [0.5, 0.6) is 0 Å². The third kappa shape index (κ3) is 2.05. The molecule has 0 atom stereocenters. The summed E-state index contributed by atoms with van der Waals surface area (Å²) in [6, 6.07) is 0. The van der Waals surface area contributed by atoms with Crippen LogP contribution in [0.2, 0.25) is 0 Å². The van der Waals surface area contributed by atoms with Gasteiger partial charge in [-0.05, 0) is 58.8 Å². The number of rotatable bonds is 1. The van der Waals surface area contributed by atoms with Crippen molar-refractivity contribution in [1.29, 1.82) is 0 Å². The van der Waals surface area contributed by atoms with Gasteiger partial charge in [0.15, 0.2) is 0 Å². The second-order valence-corrected chi connectivity index (χ2v) is 4.79. The number of piperidine rings is 2. The molecule has 2 heterocycles. The number of hydrogen-bond acceptors (Lipinski definition) is 2. The first-order valence-corrected chi connectivity index (χ1v) is 5.77. The molecule has 0 aromatic rings. The van der Waals surface area contributed by atoms with Gasteiger partial charge in [0.1, 0.15) is 0 Å². The highest BCUT2D eigenvalue weighted by Gasteiger charge is 2.33. The SMILES string of the molecule is CC1(N2CCCCC2)CCNCC1. The van der Waals surface area contributed by atoms with Crippen molar-refractivity contribution in [2.45, 2.75) is 44.6 Å². The Morgan fingerprint density at radius 2 is 1.62 bits per heavy atom. The Hall–Kier alpha value is -0.0800. The second-order valence-electron chi connectivity index (χ2n) is 4.79. The summed E-state index contributed by atoms with van der Waals surface area (Å²) < 4.78 is 0. The minimum absolute atomic E-state index is 0.520. The lowest BCUT2D eigenvalue weighted by molar-refractivity contribution is 0.0541. The van der Waals surface area contributed by atoms with Crippen LogP contribution in [0.1, 0.15) is 39.0 Å². The summed E-state index contributed by atoms with van der Waals surface area (Å²) in [7, 11) is 0. The van der Waals surface area contributed by atoms with Crippen molar-refractivity contribution in [2.24, 2.45) is 0 Å². The molecule has 0 bridgehead atoms. The summed E-state index contributed by atoms with van der Waals surface area (Å²) in [6.07, 6.45) is 6.97. The van der Waals surface area contributed by atoms with Crippen LogP contribution in [0.15, 0.2) is 0 Å². The molecule has 0 aromatic heterocycles. The first-order valence-electron chi connectivity index (χ1n) is 5.77. The number of nitrogens with one attached hydrogen (secondary N) is 1. The van der Waals surface area contributed by atoms with E-state index in [1.807, 2.05) is 0 Å². The summed E-state index contributed by atoms with van der Waals surface area (Å²) in [5, 5.41) is 3.45. The Morgan fingerprint density at radius 3 is 2.23 bits per heavy atom. The highest BCUT2D eigenvalue weighted by molar-refractivity contribution is 4.91. The quantitative estimate of drug-likeness (QED) is 0.663. The normalized spacial score (nSPS) is 30.2. The molecule has 76 valence electrons. The van der Waals surface area contributed by atoms with Crippen molar-refractivity contribution >= 4 is 0 Å². The van der Waals surface area contributed by atoms with Gasteiger partial charge in [-0.2, -0.15) is 0 Å². The fraction of sp³-hybridized carbons (Fsp3) is 1.00. The first-order chi connectivity index (χ1) is 6.31. The molecule has 2 aliphatic heterocycles. The van der Waals surface area contributed by atoms with Crippen molar-refractivity contribution in [1.82, 2.24) is 10.2 Å². The van der Waals surface area contributed by atoms with Crippen LogP contribution in [0.25, 0.3) is 0 Å². The molecule has 0 amide bonds. The maximum Gasteiger partial charge on any atom is 0.0205 e. The molecule has 2 aliphatic rings. The van der Waals surface area contributed by atoms with E-state index in [-0.39, 0.29) is 0 Å². The van der Waals surface area contributed by atoms with Crippen molar-refractivity contribution in [3.63, 3.8) is 0 Å². The number of nitrogens with zero attached hydrogens (tertiary/aromatic N) is 1. The van der Waals surface area contributed by atoms with Gasteiger partial charge in [0.25, 0.3) is 0 Å². The van der Waals surface area contributed by atoms with Crippen LogP contribution in [0.3, 0.4) is 0 Å². The number of hydrogen-bond donors (Lipinski definition) is 1. The van der Waals surface area contributed by atoms with Gasteiger partial charge in [0, 0.05) is 5.54 Å². The van der Waals surface area contributed by atoms with Gasteiger partial charge >= 0.3 is 0 Å². The Labute approximate surface area is 81.7 Å². The van der Waals surface area contributed by atoms with Gasteiger partial charge in [-0.1, -0.05) is 6.42 Å². The van der Waals surface area contributed by atoms with Gasteiger partial charge in [0.2, 0.25) is 0 Å². The first kappa shape index (κ1) is 9.47. The molecule has 0 saturated carbocycles. The van der Waals surface area contributed by atoms with Gasteiger partial charge in [-0.25, -0.2) is 0 Å². The fourth-order valence-corrected chi connectivity index (χ4v) is 2.72. The van der Waals surface area contributed by atoms with Gasteiger partial charge in [-0.15, -0.1) is 0 Å². The molecule has 2 nitrogen and oxygen atoms in total. The van der Waals surface area contributed by atoms with Crippen LogP contribution in [-0.4, -0.2) is 36.6 Å². The van der Waals surface area contributed by atoms with E-state index in [0.717, 1.165) is 0 Å². The van der Waals surface area contributed by atoms with Crippen molar-refractivity contribution < 1.29 is 0 Å². The molecule has 13 heavy (non-hydrogen) atoms. The summed E-state index contributed by atoms with van der Waals surface area (Å²) in [5.74, 6) is 0. The minimum atomic E-state index is 0.520. The summed E-state index contributed by atoms with van der Waals surface area (Å²) in [6.45, 7) is 7.58. The van der Waals surface area contributed by atoms with Crippen LogP contribution in [-0.2, 0) is 0 Å². The molecule has 0 unspecified atom stereocenters. The third-order valence-corrected chi connectivity index (χ3v) is 3.80. The Balaban J connectivity index is 1.94. The molecule has 0 spiro atoms. The molecular weight excluding hydrogens is 160 g/mol. The van der Waals surface area contributed by atoms with Crippen molar-refractivity contribution in [3.8, 4) is 0 Å². The van der Waals surface area contributed by atoms with E-state index < -0.39 is 0 Å². The molecule has 2 fully saturated rings. The second kappa shape index (κ2) is 3.97. The molecule has 2 saturated heterocycles. The summed E-state index contributed by atoms with van der Waals surface area (Å²) in [4.78, 5) is 2.73. The van der Waals surface area contributed by atoms with Crippen molar-refractivity contribution in [2.75, 3.05) is 26.2 Å². The van der Waals surface area contributed by atoms with Gasteiger partial charge in [-0.3, -0.25) is 4.90 Å². The Bertz CT molecular complexity index is 155. The molecule has 1 N–H and O–H groups in total. The lowest BCUT2D eigenvalue weighted by Gasteiger charge is -2.46. The van der Waals surface area contributed by atoms with E-state index in [2.05, 4.69) is 17.1 Å². The topological polar surface area (TPSA) is 15.3 Å². The Morgan fingerprint density at radius 1 is 1.00 bits per heavy atom. The average molecular weight is 182 g/mol. The molecule has 0 aromatic carbocycles. The molecule has 0 aliphatic carbocycles. The summed E-state index contributed by atoms with van der Waals surface area (Å²) in [5.41, 5.74) is 0.520. The fourth-order valence-electron chi connectivity index (χ4n) is 2.72. The van der Waals surface area contributed by atoms with E-state index >= 15 is 0 Å². The monoisotopic (exact) mass is 182 g/mol. The smallest absolute Gasteiger partial charge is 0.0205 e. The molecule has 2 heteroatoms. The molecule has 2 rings (SSSR count). The van der Waals surface area contributed by atoms with E-state index in [9.17, 15) is 0 Å². The molecule has 0 radical (unpaired) electrons. The van der Waals surface area contributed by atoms with Gasteiger partial charge in [0.05, 0.1) is 0 Å². The van der Waals surface area contributed by atoms with E-state index in [4.69, 9.17) is 0 Å². The maximum absolute atomic E-state index is 3.45. The largest absolute Gasteiger partial charge is 0.317 e. The predicted molar refractivity (Wildman–Crippen MR) is 55.9 cm³/mol. The number of likely N-dealkylation sites (tertiary alicyclic amines) is 1. The van der Waals surface area contributed by atoms with Gasteiger partial charge < -0.3 is 5.32 Å². The predicted octanol–water partition coefficient (Wildman–Crippen LogP) is 1.61. The lowest BCUT2D eigenvalue weighted by Crippen LogP contribution is -2.54. The highest BCUT2D eigenvalue weighted by atomic mass is 15.2. The highest BCUT2D eigenvalue weighted by Crippen LogP contribution is 2.28. The maximum atomic E-state index is 3.45. The third-order valence-electron chi connectivity index (χ3n) is 3.80. The minimum Gasteiger partial charge on any atom is -0.317 e. The van der Waals surface area contributed by atoms with E-state index in [0.29, 0.717) is 5.54 Å². The van der Waals surface area contributed by atoms with E-state index in [1.165, 1.54) is 58.3 Å². The van der Waals surface area contributed by atoms with Crippen LogP contribution >= 0.6 is 0 Å². The zero-order chi connectivity index (χ0) is 9.15. The van der Waals surface area contributed by atoms with Crippen LogP contribution in [0.4, 0.5) is 0 Å². The van der Waals surface area contributed by atoms with Crippen LogP contribution < -0.4 is 5.32 Å². The average Bonchev–Trinajstić information content (AvgIpc) is 2.20. The zero-order valence-corrected chi connectivity index (χ0v) is 8.81. The zero-order valence-electron chi connectivity index (χ0n) is 8.81. The molecular formula is C11H22N2. The van der Waals surface area contributed by atoms with Crippen molar-refractivity contribution in [3.05, 3.63) is 0 Å². The lowest BCUT2D eigenvalue weighted by atomic mass is 9.87. The van der Waals surface area contributed by atoms with Crippen LogP contribution in [0, 0.1) is 0 Å². The Kier molecular flexibility index (Phi) is 2.89. The van der Waals surface area contributed by atoms with E-state index in [1.54, 1.807) is 0 Å². The standard InChI is InChI=1S/C11H22N2/c1-11(5-7-12-8-6-11)13-9-3-2-4-10-13/h12H,2-10H2,1H3. The summed E-state index contributed by atoms with van der Waals surface area (Å²) >= 11 is 0.